The number of rotatable bonds is 7. The number of nitrogens with zero attached hydrogens (tertiary/aromatic N) is 2. The van der Waals surface area contributed by atoms with Gasteiger partial charge in [0.05, 0.1) is 5.25 Å². The minimum absolute atomic E-state index is 0.105. The zero-order valence-corrected chi connectivity index (χ0v) is 15.4. The van der Waals surface area contributed by atoms with Crippen molar-refractivity contribution in [3.63, 3.8) is 0 Å². The molecule has 2 N–H and O–H groups in total. The number of anilines is 1. The second-order valence-electron chi connectivity index (χ2n) is 5.88. The molecule has 24 heavy (non-hydrogen) atoms. The van der Waals surface area contributed by atoms with E-state index >= 15 is 0 Å². The van der Waals surface area contributed by atoms with E-state index in [1.165, 1.54) is 11.8 Å². The lowest BCUT2D eigenvalue weighted by Crippen LogP contribution is -2.24. The molecule has 0 aliphatic carbocycles. The first-order valence-corrected chi connectivity index (χ1v) is 9.00. The van der Waals surface area contributed by atoms with Crippen molar-refractivity contribution in [2.24, 2.45) is 0 Å². The summed E-state index contributed by atoms with van der Waals surface area (Å²) in [5.74, 6) is -0.105. The van der Waals surface area contributed by atoms with Crippen molar-refractivity contribution in [2.75, 3.05) is 5.32 Å². The van der Waals surface area contributed by atoms with Crippen molar-refractivity contribution in [3.05, 3.63) is 39.8 Å². The quantitative estimate of drug-likeness (QED) is 0.754. The maximum Gasteiger partial charge on any atom is 0.343 e. The Balaban J connectivity index is 2.07. The van der Waals surface area contributed by atoms with Crippen molar-refractivity contribution in [1.82, 2.24) is 14.8 Å². The summed E-state index contributed by atoms with van der Waals surface area (Å²) < 4.78 is 1.59. The minimum Gasteiger partial charge on any atom is -0.325 e. The Morgan fingerprint density at radius 3 is 2.88 bits per heavy atom. The van der Waals surface area contributed by atoms with E-state index in [-0.39, 0.29) is 16.8 Å². The topological polar surface area (TPSA) is 79.8 Å². The van der Waals surface area contributed by atoms with E-state index in [2.05, 4.69) is 22.4 Å². The zero-order chi connectivity index (χ0) is 17.7. The van der Waals surface area contributed by atoms with Gasteiger partial charge in [0.1, 0.15) is 0 Å². The fourth-order valence-corrected chi connectivity index (χ4v) is 3.11. The van der Waals surface area contributed by atoms with Crippen LogP contribution in [-0.4, -0.2) is 25.9 Å². The fraction of sp³-hybridized carbons (Fsp3) is 0.471. The molecule has 0 unspecified atom stereocenters. The highest BCUT2D eigenvalue weighted by atomic mass is 32.2. The van der Waals surface area contributed by atoms with Gasteiger partial charge in [-0.1, -0.05) is 37.2 Å². The van der Waals surface area contributed by atoms with Crippen LogP contribution in [0.4, 0.5) is 5.69 Å². The van der Waals surface area contributed by atoms with Gasteiger partial charge in [-0.15, -0.1) is 5.10 Å². The van der Waals surface area contributed by atoms with Gasteiger partial charge in [0.15, 0.2) is 5.16 Å². The highest BCUT2D eigenvalue weighted by molar-refractivity contribution is 8.00. The molecule has 0 aliphatic rings. The first kappa shape index (κ1) is 18.3. The number of aryl methyl sites for hydroxylation is 2. The van der Waals surface area contributed by atoms with Gasteiger partial charge >= 0.3 is 5.69 Å². The molecular weight excluding hydrogens is 324 g/mol. The molecule has 2 aromatic rings. The first-order chi connectivity index (χ1) is 11.4. The standard InChI is InChI=1S/C17H24N4O2S/c1-5-6-9-21-16(23)19-20-17(21)24-13(4)15(22)18-14-10-11(2)7-8-12(14)3/h7-8,10,13H,5-6,9H2,1-4H3,(H,18,22)(H,19,23)/t13-/m0/s1. The molecule has 0 fully saturated rings. The Morgan fingerprint density at radius 1 is 1.42 bits per heavy atom. The van der Waals surface area contributed by atoms with E-state index in [1.807, 2.05) is 39.0 Å². The number of carbonyl (C=O) groups is 1. The maximum absolute atomic E-state index is 12.5. The summed E-state index contributed by atoms with van der Waals surface area (Å²) in [5, 5.41) is 9.65. The molecule has 0 saturated heterocycles. The van der Waals surface area contributed by atoms with Crippen molar-refractivity contribution >= 4 is 23.4 Å². The third-order valence-corrected chi connectivity index (χ3v) is 4.85. The van der Waals surface area contributed by atoms with E-state index in [0.717, 1.165) is 29.7 Å². The number of hydrogen-bond acceptors (Lipinski definition) is 4. The Kier molecular flexibility index (Phi) is 6.25. The number of carbonyl (C=O) groups excluding carboxylic acids is 1. The average Bonchev–Trinajstić information content (AvgIpc) is 2.88. The number of nitrogens with one attached hydrogen (secondary N) is 2. The second-order valence-corrected chi connectivity index (χ2v) is 7.19. The average molecular weight is 348 g/mol. The normalized spacial score (nSPS) is 12.2. The number of aromatic nitrogens is 3. The van der Waals surface area contributed by atoms with Gasteiger partial charge in [-0.25, -0.2) is 9.89 Å². The third kappa shape index (κ3) is 4.50. The van der Waals surface area contributed by atoms with Crippen LogP contribution in [0.3, 0.4) is 0 Å². The van der Waals surface area contributed by atoms with E-state index < -0.39 is 0 Å². The highest BCUT2D eigenvalue weighted by Crippen LogP contribution is 2.23. The Hall–Kier alpha value is -2.02. The van der Waals surface area contributed by atoms with Crippen LogP contribution in [0.1, 0.15) is 37.8 Å². The van der Waals surface area contributed by atoms with Crippen LogP contribution in [-0.2, 0) is 11.3 Å². The summed E-state index contributed by atoms with van der Waals surface area (Å²) in [5.41, 5.74) is 2.70. The number of hydrogen-bond donors (Lipinski definition) is 2. The predicted molar refractivity (Wildman–Crippen MR) is 97.6 cm³/mol. The van der Waals surface area contributed by atoms with Gasteiger partial charge in [0, 0.05) is 12.2 Å². The van der Waals surface area contributed by atoms with E-state index in [0.29, 0.717) is 11.7 Å². The summed E-state index contributed by atoms with van der Waals surface area (Å²) in [6.07, 6.45) is 1.89. The van der Waals surface area contributed by atoms with Crippen LogP contribution in [0, 0.1) is 13.8 Å². The van der Waals surface area contributed by atoms with Crippen LogP contribution in [0.5, 0.6) is 0 Å². The van der Waals surface area contributed by atoms with Gasteiger partial charge in [0.25, 0.3) is 0 Å². The van der Waals surface area contributed by atoms with Gasteiger partial charge in [-0.2, -0.15) is 0 Å². The second kappa shape index (κ2) is 8.19. The van der Waals surface area contributed by atoms with Gasteiger partial charge in [-0.05, 0) is 44.4 Å². The summed E-state index contributed by atoms with van der Waals surface area (Å²) in [6, 6.07) is 5.95. The molecule has 0 bridgehead atoms. The summed E-state index contributed by atoms with van der Waals surface area (Å²) >= 11 is 1.29. The summed E-state index contributed by atoms with van der Waals surface area (Å²) in [4.78, 5) is 24.3. The summed E-state index contributed by atoms with van der Waals surface area (Å²) in [6.45, 7) is 8.44. The number of amides is 1. The summed E-state index contributed by atoms with van der Waals surface area (Å²) in [7, 11) is 0. The first-order valence-electron chi connectivity index (χ1n) is 8.12. The smallest absolute Gasteiger partial charge is 0.325 e. The van der Waals surface area contributed by atoms with Gasteiger partial charge < -0.3 is 5.32 Å². The third-order valence-electron chi connectivity index (χ3n) is 3.76. The van der Waals surface area contributed by atoms with Crippen molar-refractivity contribution < 1.29 is 4.79 Å². The Labute approximate surface area is 146 Å². The molecule has 1 amide bonds. The molecule has 7 heteroatoms. The van der Waals surface area contributed by atoms with Gasteiger partial charge in [0.2, 0.25) is 5.91 Å². The predicted octanol–water partition coefficient (Wildman–Crippen LogP) is 3.11. The maximum atomic E-state index is 12.5. The Bertz CT molecular complexity index is 766. The molecule has 1 heterocycles. The Morgan fingerprint density at radius 2 is 2.17 bits per heavy atom. The lowest BCUT2D eigenvalue weighted by atomic mass is 10.1. The van der Waals surface area contributed by atoms with Crippen LogP contribution in [0.25, 0.3) is 0 Å². The number of unbranched alkanes of at least 4 members (excludes halogenated alkanes) is 1. The van der Waals surface area contributed by atoms with Crippen LogP contribution in [0.2, 0.25) is 0 Å². The monoisotopic (exact) mass is 348 g/mol. The lowest BCUT2D eigenvalue weighted by Gasteiger charge is -2.14. The van der Waals surface area contributed by atoms with E-state index in [4.69, 9.17) is 0 Å². The highest BCUT2D eigenvalue weighted by Gasteiger charge is 2.19. The molecular formula is C17H24N4O2S. The number of aromatic amines is 1. The van der Waals surface area contributed by atoms with Crippen LogP contribution < -0.4 is 11.0 Å². The zero-order valence-electron chi connectivity index (χ0n) is 14.5. The van der Waals surface area contributed by atoms with E-state index in [9.17, 15) is 9.59 Å². The SMILES string of the molecule is CCCCn1c(S[C@@H](C)C(=O)Nc2cc(C)ccc2C)n[nH]c1=O. The number of H-pyrrole nitrogens is 1. The van der Waals surface area contributed by atoms with Crippen molar-refractivity contribution in [1.29, 1.82) is 0 Å². The van der Waals surface area contributed by atoms with Crippen molar-refractivity contribution in [2.45, 2.75) is 57.5 Å². The number of thioether (sulfide) groups is 1. The molecule has 2 rings (SSSR count). The molecule has 0 spiro atoms. The molecule has 130 valence electrons. The largest absolute Gasteiger partial charge is 0.343 e. The fourth-order valence-electron chi connectivity index (χ4n) is 2.22. The van der Waals surface area contributed by atoms with Crippen molar-refractivity contribution in [3.8, 4) is 0 Å². The molecule has 1 aromatic carbocycles. The molecule has 6 nitrogen and oxygen atoms in total. The molecule has 0 radical (unpaired) electrons. The molecule has 1 aromatic heterocycles. The molecule has 1 atom stereocenters. The minimum atomic E-state index is -0.361. The number of benzene rings is 1. The molecule has 0 saturated carbocycles. The van der Waals surface area contributed by atoms with Gasteiger partial charge in [-0.3, -0.25) is 9.36 Å². The lowest BCUT2D eigenvalue weighted by molar-refractivity contribution is -0.115. The van der Waals surface area contributed by atoms with E-state index in [1.54, 1.807) is 4.57 Å². The van der Waals surface area contributed by atoms with Crippen LogP contribution in [0.15, 0.2) is 28.2 Å². The van der Waals surface area contributed by atoms with Crippen LogP contribution >= 0.6 is 11.8 Å². The molecule has 0 aliphatic heterocycles.